The molecule has 3 heterocycles. The smallest absolute Gasteiger partial charge is 0.306 e. The molecule has 0 aromatic heterocycles. The molecule has 6 heteroatoms. The van der Waals surface area contributed by atoms with Crippen LogP contribution in [0.25, 0.3) is 0 Å². The fourth-order valence-electron chi connectivity index (χ4n) is 6.17. The van der Waals surface area contributed by atoms with Gasteiger partial charge in [-0.25, -0.2) is 0 Å². The number of nitrogens with zero attached hydrogens (tertiary/aromatic N) is 1. The molecule has 4 rings (SSSR count). The number of hydrogen-bond acceptors (Lipinski definition) is 6. The lowest BCUT2D eigenvalue weighted by Gasteiger charge is -2.47. The van der Waals surface area contributed by atoms with Gasteiger partial charge in [0.2, 0.25) is 0 Å². The first-order valence-corrected chi connectivity index (χ1v) is 12.8. The van der Waals surface area contributed by atoms with E-state index in [1.54, 1.807) is 14.2 Å². The van der Waals surface area contributed by atoms with E-state index < -0.39 is 0 Å². The first-order valence-electron chi connectivity index (χ1n) is 12.8. The molecule has 0 spiro atoms. The van der Waals surface area contributed by atoms with E-state index in [0.29, 0.717) is 42.7 Å². The van der Waals surface area contributed by atoms with Gasteiger partial charge in [0.1, 0.15) is 0 Å². The zero-order chi connectivity index (χ0) is 23.4. The van der Waals surface area contributed by atoms with Gasteiger partial charge in [-0.2, -0.15) is 0 Å². The highest BCUT2D eigenvalue weighted by Gasteiger charge is 2.40. The van der Waals surface area contributed by atoms with Crippen LogP contribution in [-0.4, -0.2) is 57.9 Å². The number of rotatable bonds is 8. The van der Waals surface area contributed by atoms with Gasteiger partial charge in [0.15, 0.2) is 11.5 Å². The first-order chi connectivity index (χ1) is 16.0. The van der Waals surface area contributed by atoms with Gasteiger partial charge >= 0.3 is 5.97 Å². The molecule has 184 valence electrons. The van der Waals surface area contributed by atoms with Gasteiger partial charge < -0.3 is 19.5 Å². The Hall–Kier alpha value is -1.79. The summed E-state index contributed by atoms with van der Waals surface area (Å²) in [6.45, 7) is 9.30. The van der Waals surface area contributed by atoms with Crippen molar-refractivity contribution in [2.45, 2.75) is 58.4 Å². The zero-order valence-electron chi connectivity index (χ0n) is 20.9. The van der Waals surface area contributed by atoms with Crippen LogP contribution in [-0.2, 0) is 16.0 Å². The van der Waals surface area contributed by atoms with Crippen molar-refractivity contribution in [1.82, 2.24) is 10.2 Å². The van der Waals surface area contributed by atoms with E-state index in [-0.39, 0.29) is 5.97 Å². The Morgan fingerprint density at radius 3 is 2.67 bits per heavy atom. The number of hydrogen-bond donors (Lipinski definition) is 1. The van der Waals surface area contributed by atoms with E-state index in [4.69, 9.17) is 14.2 Å². The van der Waals surface area contributed by atoms with Crippen molar-refractivity contribution >= 4 is 5.97 Å². The number of ether oxygens (including phenoxy) is 3. The quantitative estimate of drug-likeness (QED) is 0.589. The molecule has 0 amide bonds. The van der Waals surface area contributed by atoms with Gasteiger partial charge in [-0.15, -0.1) is 0 Å². The molecule has 2 fully saturated rings. The molecule has 0 aliphatic carbocycles. The molecule has 4 unspecified atom stereocenters. The van der Waals surface area contributed by atoms with Crippen molar-refractivity contribution in [1.29, 1.82) is 0 Å². The Morgan fingerprint density at radius 2 is 1.97 bits per heavy atom. The fraction of sp³-hybridized carbons (Fsp3) is 0.741. The Labute approximate surface area is 199 Å². The zero-order valence-corrected chi connectivity index (χ0v) is 20.9. The monoisotopic (exact) mass is 458 g/mol. The number of fused-ring (bicyclic) bond motifs is 3. The lowest BCUT2D eigenvalue weighted by Crippen LogP contribution is -2.47. The van der Waals surface area contributed by atoms with Crippen molar-refractivity contribution in [2.24, 2.45) is 23.7 Å². The van der Waals surface area contributed by atoms with E-state index in [1.807, 2.05) is 0 Å². The molecule has 0 bridgehead atoms. The number of benzene rings is 1. The topological polar surface area (TPSA) is 60.0 Å². The van der Waals surface area contributed by atoms with Crippen LogP contribution in [0.5, 0.6) is 11.5 Å². The molecule has 6 nitrogen and oxygen atoms in total. The van der Waals surface area contributed by atoms with Gasteiger partial charge in [0, 0.05) is 25.6 Å². The minimum Gasteiger partial charge on any atom is -0.493 e. The number of carbonyl (C=O) groups is 1. The Balaban J connectivity index is 1.47. The predicted octanol–water partition coefficient (Wildman–Crippen LogP) is 4.22. The summed E-state index contributed by atoms with van der Waals surface area (Å²) in [4.78, 5) is 15.3. The van der Waals surface area contributed by atoms with E-state index in [9.17, 15) is 4.79 Å². The summed E-state index contributed by atoms with van der Waals surface area (Å²) in [7, 11) is 3.40. The van der Waals surface area contributed by atoms with Crippen molar-refractivity contribution < 1.29 is 19.0 Å². The molecule has 4 atom stereocenters. The first kappa shape index (κ1) is 24.3. The predicted molar refractivity (Wildman–Crippen MR) is 130 cm³/mol. The lowest BCUT2D eigenvalue weighted by atomic mass is 9.74. The Kier molecular flexibility index (Phi) is 8.18. The van der Waals surface area contributed by atoms with Gasteiger partial charge in [-0.3, -0.25) is 9.69 Å². The molecule has 1 aromatic rings. The highest BCUT2D eigenvalue weighted by Crippen LogP contribution is 2.45. The molecular weight excluding hydrogens is 416 g/mol. The molecular formula is C27H42N2O4. The normalized spacial score (nSPS) is 27.5. The highest BCUT2D eigenvalue weighted by molar-refractivity contribution is 5.69. The maximum atomic E-state index is 12.6. The lowest BCUT2D eigenvalue weighted by molar-refractivity contribution is -0.148. The van der Waals surface area contributed by atoms with Crippen LogP contribution < -0.4 is 14.8 Å². The van der Waals surface area contributed by atoms with Gasteiger partial charge in [-0.1, -0.05) is 13.8 Å². The Bertz CT molecular complexity index is 806. The third kappa shape index (κ3) is 5.83. The van der Waals surface area contributed by atoms with Crippen LogP contribution in [0.3, 0.4) is 0 Å². The second kappa shape index (κ2) is 11.1. The number of carbonyl (C=O) groups excluding carboxylic acids is 1. The summed E-state index contributed by atoms with van der Waals surface area (Å²) >= 11 is 0. The molecule has 0 radical (unpaired) electrons. The highest BCUT2D eigenvalue weighted by atomic mass is 16.5. The number of piperidine rings is 2. The van der Waals surface area contributed by atoms with E-state index >= 15 is 0 Å². The summed E-state index contributed by atoms with van der Waals surface area (Å²) in [6, 6.07) is 4.68. The summed E-state index contributed by atoms with van der Waals surface area (Å²) in [5.74, 6) is 3.59. The maximum Gasteiger partial charge on any atom is 0.306 e. The fourth-order valence-corrected chi connectivity index (χ4v) is 6.17. The van der Waals surface area contributed by atoms with E-state index in [2.05, 4.69) is 36.2 Å². The molecule has 3 aliphatic rings. The van der Waals surface area contributed by atoms with Crippen LogP contribution >= 0.6 is 0 Å². The number of methoxy groups -OCH3 is 2. The SMILES string of the molecule is COc1cc2c(cc1OC)C1CC(COC(=O)CC3CCCNC3)C(CC(C)C)CN1CC2. The van der Waals surface area contributed by atoms with Gasteiger partial charge in [0.05, 0.1) is 20.8 Å². The largest absolute Gasteiger partial charge is 0.493 e. The minimum absolute atomic E-state index is 0.0233. The maximum absolute atomic E-state index is 12.6. The summed E-state index contributed by atoms with van der Waals surface area (Å²) in [6.07, 6.45) is 6.07. The third-order valence-corrected chi connectivity index (χ3v) is 7.86. The average Bonchev–Trinajstić information content (AvgIpc) is 2.82. The number of nitrogens with one attached hydrogen (secondary N) is 1. The van der Waals surface area contributed by atoms with Crippen LogP contribution in [0.2, 0.25) is 0 Å². The molecule has 33 heavy (non-hydrogen) atoms. The van der Waals surface area contributed by atoms with Crippen molar-refractivity contribution in [3.8, 4) is 11.5 Å². The van der Waals surface area contributed by atoms with Gasteiger partial charge in [-0.05, 0) is 92.1 Å². The standard InChI is InChI=1S/C27H42N2O4/c1-18(2)10-21-16-29-9-7-20-13-25(31-3)26(32-4)14-23(20)24(29)12-22(21)17-33-27(30)11-19-6-5-8-28-15-19/h13-14,18-19,21-22,24,28H,5-12,15-17H2,1-4H3. The second-order valence-electron chi connectivity index (χ2n) is 10.7. The van der Waals surface area contributed by atoms with E-state index in [0.717, 1.165) is 63.4 Å². The molecule has 2 saturated heterocycles. The van der Waals surface area contributed by atoms with Crippen LogP contribution in [0, 0.1) is 23.7 Å². The number of esters is 1. The summed E-state index contributed by atoms with van der Waals surface area (Å²) < 4.78 is 17.1. The van der Waals surface area contributed by atoms with Crippen LogP contribution in [0.4, 0.5) is 0 Å². The van der Waals surface area contributed by atoms with E-state index in [1.165, 1.54) is 17.5 Å². The van der Waals surface area contributed by atoms with Gasteiger partial charge in [0.25, 0.3) is 0 Å². The molecule has 1 aromatic carbocycles. The Morgan fingerprint density at radius 1 is 1.18 bits per heavy atom. The minimum atomic E-state index is -0.0233. The van der Waals surface area contributed by atoms with Crippen LogP contribution in [0.1, 0.15) is 63.1 Å². The van der Waals surface area contributed by atoms with Crippen molar-refractivity contribution in [2.75, 3.05) is 47.0 Å². The van der Waals surface area contributed by atoms with Crippen molar-refractivity contribution in [3.63, 3.8) is 0 Å². The van der Waals surface area contributed by atoms with Crippen LogP contribution in [0.15, 0.2) is 12.1 Å². The molecule has 3 aliphatic heterocycles. The average molecular weight is 459 g/mol. The second-order valence-corrected chi connectivity index (χ2v) is 10.7. The summed E-state index contributed by atoms with van der Waals surface area (Å²) in [5, 5.41) is 3.40. The third-order valence-electron chi connectivity index (χ3n) is 7.86. The molecule has 0 saturated carbocycles. The summed E-state index contributed by atoms with van der Waals surface area (Å²) in [5.41, 5.74) is 2.71. The molecule has 1 N–H and O–H groups in total. The van der Waals surface area contributed by atoms with Crippen molar-refractivity contribution in [3.05, 3.63) is 23.3 Å².